The molecule has 1 heterocycles. The molecule has 0 aliphatic rings. The van der Waals surface area contributed by atoms with Gasteiger partial charge in [0.2, 0.25) is 5.91 Å². The minimum Gasteiger partial charge on any atom is -0.481 e. The molecule has 2 rings (SSSR count). The maximum Gasteiger partial charge on any atom is 0.306 e. The lowest BCUT2D eigenvalue weighted by Gasteiger charge is -2.13. The van der Waals surface area contributed by atoms with Gasteiger partial charge in [0.05, 0.1) is 5.92 Å². The highest BCUT2D eigenvalue weighted by molar-refractivity contribution is 5.93. The number of hydrogen-bond donors (Lipinski definition) is 2. The summed E-state index contributed by atoms with van der Waals surface area (Å²) < 4.78 is 1.58. The molecule has 1 aromatic heterocycles. The lowest BCUT2D eigenvalue weighted by atomic mass is 10.0. The number of nitrogens with one attached hydrogen (secondary N) is 1. The number of carboxylic acids is 1. The van der Waals surface area contributed by atoms with Gasteiger partial charge in [-0.25, -0.2) is 0 Å². The molecule has 6 nitrogen and oxygen atoms in total. The summed E-state index contributed by atoms with van der Waals surface area (Å²) in [6.45, 7) is 3.44. The molecule has 0 unspecified atom stereocenters. The zero-order valence-corrected chi connectivity index (χ0v) is 12.6. The van der Waals surface area contributed by atoms with Crippen molar-refractivity contribution in [3.05, 3.63) is 48.3 Å². The van der Waals surface area contributed by atoms with Crippen molar-refractivity contribution in [3.63, 3.8) is 0 Å². The van der Waals surface area contributed by atoms with Crippen molar-refractivity contribution in [3.8, 4) is 0 Å². The number of benzene rings is 1. The number of amides is 1. The van der Waals surface area contributed by atoms with Crippen molar-refractivity contribution in [1.29, 1.82) is 0 Å². The molecule has 0 aliphatic carbocycles. The van der Waals surface area contributed by atoms with Crippen molar-refractivity contribution in [2.75, 3.05) is 5.32 Å². The van der Waals surface area contributed by atoms with Crippen LogP contribution in [0.2, 0.25) is 0 Å². The Labute approximate surface area is 128 Å². The van der Waals surface area contributed by atoms with Gasteiger partial charge in [-0.15, -0.1) is 0 Å². The second-order valence-electron chi connectivity index (χ2n) is 5.29. The number of rotatable bonds is 6. The van der Waals surface area contributed by atoms with E-state index >= 15 is 0 Å². The van der Waals surface area contributed by atoms with E-state index in [1.807, 2.05) is 12.1 Å². The maximum atomic E-state index is 12.1. The molecule has 22 heavy (non-hydrogen) atoms. The fourth-order valence-electron chi connectivity index (χ4n) is 2.04. The van der Waals surface area contributed by atoms with E-state index in [-0.39, 0.29) is 5.91 Å². The van der Waals surface area contributed by atoms with E-state index in [9.17, 15) is 9.59 Å². The molecular weight excluding hydrogens is 282 g/mol. The van der Waals surface area contributed by atoms with Crippen LogP contribution < -0.4 is 5.32 Å². The molecule has 0 saturated carbocycles. The van der Waals surface area contributed by atoms with Crippen molar-refractivity contribution in [1.82, 2.24) is 9.78 Å². The molecule has 0 spiro atoms. The molecule has 1 aromatic carbocycles. The molecule has 2 aromatic rings. The van der Waals surface area contributed by atoms with Gasteiger partial charge in [-0.3, -0.25) is 14.3 Å². The van der Waals surface area contributed by atoms with Crippen LogP contribution in [0, 0.1) is 5.92 Å². The number of carboxylic acid groups (broad SMARTS) is 1. The van der Waals surface area contributed by atoms with Crippen LogP contribution in [0.1, 0.15) is 25.5 Å². The van der Waals surface area contributed by atoms with Crippen LogP contribution in [-0.2, 0) is 16.0 Å². The van der Waals surface area contributed by atoms with Crippen LogP contribution in [0.3, 0.4) is 0 Å². The van der Waals surface area contributed by atoms with Crippen LogP contribution in [0.15, 0.2) is 42.7 Å². The van der Waals surface area contributed by atoms with Crippen LogP contribution in [-0.4, -0.2) is 26.8 Å². The Morgan fingerprint density at radius 2 is 1.95 bits per heavy atom. The van der Waals surface area contributed by atoms with Crippen molar-refractivity contribution in [2.45, 2.75) is 26.3 Å². The summed E-state index contributed by atoms with van der Waals surface area (Å²) in [5, 5.41) is 15.8. The molecule has 0 aliphatic heterocycles. The van der Waals surface area contributed by atoms with E-state index in [4.69, 9.17) is 5.11 Å². The quantitative estimate of drug-likeness (QED) is 0.857. The zero-order valence-electron chi connectivity index (χ0n) is 12.6. The summed E-state index contributed by atoms with van der Waals surface area (Å²) in [5.41, 5.74) is 1.60. The monoisotopic (exact) mass is 301 g/mol. The van der Waals surface area contributed by atoms with E-state index in [1.165, 1.54) is 0 Å². The first-order valence-electron chi connectivity index (χ1n) is 7.09. The van der Waals surface area contributed by atoms with Gasteiger partial charge in [-0.2, -0.15) is 5.10 Å². The molecule has 0 fully saturated rings. The summed E-state index contributed by atoms with van der Waals surface area (Å²) >= 11 is 0. The van der Waals surface area contributed by atoms with Gasteiger partial charge in [0.25, 0.3) is 0 Å². The third kappa shape index (κ3) is 3.94. The van der Waals surface area contributed by atoms with Gasteiger partial charge in [0.1, 0.15) is 6.04 Å². The molecule has 2 N–H and O–H groups in total. The van der Waals surface area contributed by atoms with Crippen LogP contribution in [0.5, 0.6) is 0 Å². The average molecular weight is 301 g/mol. The van der Waals surface area contributed by atoms with E-state index in [0.717, 1.165) is 5.56 Å². The summed E-state index contributed by atoms with van der Waals surface area (Å²) in [4.78, 5) is 23.0. The lowest BCUT2D eigenvalue weighted by Crippen LogP contribution is -2.23. The zero-order chi connectivity index (χ0) is 16.1. The highest BCUT2D eigenvalue weighted by Crippen LogP contribution is 2.15. The molecule has 6 heteroatoms. The van der Waals surface area contributed by atoms with Crippen LogP contribution in [0.4, 0.5) is 5.69 Å². The van der Waals surface area contributed by atoms with E-state index in [0.29, 0.717) is 12.1 Å². The Morgan fingerprint density at radius 3 is 2.50 bits per heavy atom. The standard InChI is InChI=1S/C16H19N3O3/c1-11(16(21)22)10-13-4-6-14(7-5-13)18-15(20)12(2)19-9-3-8-17-19/h3-9,11-12H,10H2,1-2H3,(H,18,20)(H,21,22)/t11-,12+/m1/s1. The molecule has 1 amide bonds. The molecule has 116 valence electrons. The number of aromatic nitrogens is 2. The predicted molar refractivity (Wildman–Crippen MR) is 82.5 cm³/mol. The Balaban J connectivity index is 1.96. The van der Waals surface area contributed by atoms with Gasteiger partial charge < -0.3 is 10.4 Å². The number of nitrogens with zero attached hydrogens (tertiary/aromatic N) is 2. The van der Waals surface area contributed by atoms with Gasteiger partial charge in [-0.05, 0) is 37.1 Å². The number of carbonyl (C=O) groups excluding carboxylic acids is 1. The molecular formula is C16H19N3O3. The second kappa shape index (κ2) is 6.89. The van der Waals surface area contributed by atoms with E-state index < -0.39 is 17.9 Å². The minimum atomic E-state index is -0.814. The van der Waals surface area contributed by atoms with Gasteiger partial charge in [0.15, 0.2) is 0 Å². The van der Waals surface area contributed by atoms with Crippen molar-refractivity contribution >= 4 is 17.6 Å². The maximum absolute atomic E-state index is 12.1. The largest absolute Gasteiger partial charge is 0.481 e. The molecule has 0 bridgehead atoms. The summed E-state index contributed by atoms with van der Waals surface area (Å²) in [5.74, 6) is -1.40. The second-order valence-corrected chi connectivity index (χ2v) is 5.29. The number of aliphatic carboxylic acids is 1. The Morgan fingerprint density at radius 1 is 1.27 bits per heavy atom. The van der Waals surface area contributed by atoms with Gasteiger partial charge in [0, 0.05) is 18.1 Å². The number of anilines is 1. The molecule has 0 saturated heterocycles. The van der Waals surface area contributed by atoms with Crippen molar-refractivity contribution in [2.24, 2.45) is 5.92 Å². The third-order valence-electron chi connectivity index (χ3n) is 3.49. The third-order valence-corrected chi connectivity index (χ3v) is 3.49. The summed E-state index contributed by atoms with van der Waals surface area (Å²) in [6.07, 6.45) is 3.83. The Bertz CT molecular complexity index is 635. The fraction of sp³-hybridized carbons (Fsp3) is 0.312. The minimum absolute atomic E-state index is 0.157. The van der Waals surface area contributed by atoms with E-state index in [2.05, 4.69) is 10.4 Å². The number of hydrogen-bond acceptors (Lipinski definition) is 3. The first kappa shape index (κ1) is 15.8. The number of carbonyl (C=O) groups is 2. The van der Waals surface area contributed by atoms with Crippen molar-refractivity contribution < 1.29 is 14.7 Å². The SMILES string of the molecule is C[C@H](Cc1ccc(NC(=O)[C@H](C)n2cccn2)cc1)C(=O)O. The highest BCUT2D eigenvalue weighted by Gasteiger charge is 2.15. The topological polar surface area (TPSA) is 84.2 Å². The first-order valence-corrected chi connectivity index (χ1v) is 7.09. The molecule has 2 atom stereocenters. The van der Waals surface area contributed by atoms with Gasteiger partial charge in [-0.1, -0.05) is 19.1 Å². The normalized spacial score (nSPS) is 13.4. The first-order chi connectivity index (χ1) is 10.5. The smallest absolute Gasteiger partial charge is 0.306 e. The van der Waals surface area contributed by atoms with Crippen LogP contribution >= 0.6 is 0 Å². The average Bonchev–Trinajstić information content (AvgIpc) is 3.02. The van der Waals surface area contributed by atoms with E-state index in [1.54, 1.807) is 49.1 Å². The fourth-order valence-corrected chi connectivity index (χ4v) is 2.04. The summed E-state index contributed by atoms with van der Waals surface area (Å²) in [7, 11) is 0. The Kier molecular flexibility index (Phi) is 4.93. The summed E-state index contributed by atoms with van der Waals surface area (Å²) in [6, 6.07) is 8.57. The molecule has 0 radical (unpaired) electrons. The highest BCUT2D eigenvalue weighted by atomic mass is 16.4. The Hall–Kier alpha value is -2.63. The lowest BCUT2D eigenvalue weighted by molar-refractivity contribution is -0.141. The van der Waals surface area contributed by atoms with Crippen LogP contribution in [0.25, 0.3) is 0 Å². The predicted octanol–water partition coefficient (Wildman–Crippen LogP) is 2.35. The van der Waals surface area contributed by atoms with Gasteiger partial charge >= 0.3 is 5.97 Å².